The topological polar surface area (TPSA) is 66.5 Å². The number of fused-ring (bicyclic) bond motifs is 3. The van der Waals surface area contributed by atoms with Crippen molar-refractivity contribution < 1.29 is 9.47 Å². The molecule has 0 aliphatic carbocycles. The molecular formula is C25H27N5O2S. The summed E-state index contributed by atoms with van der Waals surface area (Å²) < 4.78 is 17.1. The molecule has 7 nitrogen and oxygen atoms in total. The van der Waals surface area contributed by atoms with Crippen LogP contribution >= 0.6 is 11.3 Å². The molecule has 0 aliphatic rings. The average Bonchev–Trinajstić information content (AvgIpc) is 3.55. The molecular weight excluding hydrogens is 434 g/mol. The molecule has 3 heterocycles. The third-order valence-electron chi connectivity index (χ3n) is 5.55. The lowest BCUT2D eigenvalue weighted by atomic mass is 10.1. The minimum absolute atomic E-state index is 0.521. The predicted octanol–water partition coefficient (Wildman–Crippen LogP) is 5.59. The van der Waals surface area contributed by atoms with Crippen molar-refractivity contribution in [3.63, 3.8) is 0 Å². The van der Waals surface area contributed by atoms with Gasteiger partial charge in [-0.3, -0.25) is 9.08 Å². The lowest BCUT2D eigenvalue weighted by molar-refractivity contribution is 0.114. The van der Waals surface area contributed by atoms with Crippen LogP contribution in [0.1, 0.15) is 31.9 Å². The number of imidazole rings is 1. The van der Waals surface area contributed by atoms with Gasteiger partial charge < -0.3 is 9.47 Å². The van der Waals surface area contributed by atoms with Gasteiger partial charge in [-0.25, -0.2) is 9.97 Å². The number of rotatable bonds is 11. The van der Waals surface area contributed by atoms with Crippen LogP contribution in [-0.2, 0) is 17.9 Å². The maximum absolute atomic E-state index is 6.15. The van der Waals surface area contributed by atoms with E-state index in [1.165, 1.54) is 0 Å². The van der Waals surface area contributed by atoms with Gasteiger partial charge in [-0.05, 0) is 44.4 Å². The van der Waals surface area contributed by atoms with Crippen molar-refractivity contribution in [3.05, 3.63) is 66.9 Å². The van der Waals surface area contributed by atoms with Gasteiger partial charge >= 0.3 is 0 Å². The number of thiazole rings is 1. The Morgan fingerprint density at radius 1 is 1.03 bits per heavy atom. The third kappa shape index (κ3) is 4.77. The van der Waals surface area contributed by atoms with Crippen molar-refractivity contribution in [2.24, 2.45) is 0 Å². The quantitative estimate of drug-likeness (QED) is 0.240. The Morgan fingerprint density at radius 2 is 1.94 bits per heavy atom. The van der Waals surface area contributed by atoms with Gasteiger partial charge in [0.25, 0.3) is 0 Å². The number of ether oxygens (including phenoxy) is 2. The molecule has 0 amide bonds. The van der Waals surface area contributed by atoms with E-state index in [0.717, 1.165) is 70.3 Å². The van der Waals surface area contributed by atoms with Gasteiger partial charge in [0.1, 0.15) is 18.4 Å². The molecule has 0 atom stereocenters. The lowest BCUT2D eigenvalue weighted by Gasteiger charge is -2.08. The lowest BCUT2D eigenvalue weighted by Crippen LogP contribution is -2.02. The van der Waals surface area contributed by atoms with Crippen LogP contribution in [0.5, 0.6) is 5.75 Å². The average molecular weight is 462 g/mol. The summed E-state index contributed by atoms with van der Waals surface area (Å²) >= 11 is 1.68. The van der Waals surface area contributed by atoms with Crippen molar-refractivity contribution in [1.29, 1.82) is 0 Å². The Morgan fingerprint density at radius 3 is 2.76 bits per heavy atom. The van der Waals surface area contributed by atoms with E-state index in [2.05, 4.69) is 50.9 Å². The first-order chi connectivity index (χ1) is 16.3. The zero-order valence-corrected chi connectivity index (χ0v) is 19.5. The Balaban J connectivity index is 1.33. The van der Waals surface area contributed by atoms with Gasteiger partial charge in [-0.1, -0.05) is 41.7 Å². The van der Waals surface area contributed by atoms with E-state index in [9.17, 15) is 0 Å². The highest BCUT2D eigenvalue weighted by molar-refractivity contribution is 7.23. The first kappa shape index (κ1) is 21.6. The molecule has 0 bridgehead atoms. The normalized spacial score (nSPS) is 11.5. The molecule has 170 valence electrons. The van der Waals surface area contributed by atoms with E-state index >= 15 is 0 Å². The fourth-order valence-corrected chi connectivity index (χ4v) is 5.07. The van der Waals surface area contributed by atoms with Crippen molar-refractivity contribution in [2.75, 3.05) is 13.2 Å². The van der Waals surface area contributed by atoms with E-state index in [-0.39, 0.29) is 0 Å². The Kier molecular flexibility index (Phi) is 6.64. The molecule has 33 heavy (non-hydrogen) atoms. The van der Waals surface area contributed by atoms with Crippen molar-refractivity contribution >= 4 is 26.5 Å². The molecule has 0 aliphatic heterocycles. The SMILES string of the molecule is CCOc1ccc2c(c1)sc1nc(-c3ccccc3)c(COCCCCCn3cncn3)n12. The molecule has 2 aromatic carbocycles. The summed E-state index contributed by atoms with van der Waals surface area (Å²) in [6, 6.07) is 16.6. The zero-order valence-electron chi connectivity index (χ0n) is 18.7. The van der Waals surface area contributed by atoms with Crippen molar-refractivity contribution in [3.8, 4) is 17.0 Å². The fraction of sp³-hybridized carbons (Fsp3) is 0.320. The molecule has 0 radical (unpaired) electrons. The van der Waals surface area contributed by atoms with Crippen LogP contribution in [0.25, 0.3) is 26.4 Å². The second-order valence-electron chi connectivity index (χ2n) is 7.83. The van der Waals surface area contributed by atoms with Crippen LogP contribution in [0.4, 0.5) is 0 Å². The Labute approximate surface area is 196 Å². The van der Waals surface area contributed by atoms with Crippen LogP contribution in [0.15, 0.2) is 61.2 Å². The van der Waals surface area contributed by atoms with Crippen LogP contribution in [0.3, 0.4) is 0 Å². The highest BCUT2D eigenvalue weighted by Gasteiger charge is 2.18. The molecule has 0 unspecified atom stereocenters. The van der Waals surface area contributed by atoms with Gasteiger partial charge in [-0.15, -0.1) is 0 Å². The van der Waals surface area contributed by atoms with Crippen molar-refractivity contribution in [1.82, 2.24) is 24.1 Å². The summed E-state index contributed by atoms with van der Waals surface area (Å²) in [6.07, 6.45) is 6.50. The maximum Gasteiger partial charge on any atom is 0.195 e. The highest BCUT2D eigenvalue weighted by atomic mass is 32.1. The second kappa shape index (κ2) is 10.1. The number of nitrogens with zero attached hydrogens (tertiary/aromatic N) is 5. The van der Waals surface area contributed by atoms with Crippen LogP contribution in [0.2, 0.25) is 0 Å². The second-order valence-corrected chi connectivity index (χ2v) is 8.84. The molecule has 5 aromatic rings. The van der Waals surface area contributed by atoms with Gasteiger partial charge in [0.2, 0.25) is 0 Å². The fourth-order valence-electron chi connectivity index (χ4n) is 4.00. The van der Waals surface area contributed by atoms with Crippen LogP contribution in [-0.4, -0.2) is 37.4 Å². The number of aryl methyl sites for hydroxylation is 1. The molecule has 3 aromatic heterocycles. The van der Waals surface area contributed by atoms with Gasteiger partial charge in [0.15, 0.2) is 4.96 Å². The third-order valence-corrected chi connectivity index (χ3v) is 6.56. The number of hydrogen-bond donors (Lipinski definition) is 0. The standard InChI is InChI=1S/C25H27N5O2S/c1-2-32-20-11-12-21-23(15-20)33-25-28-24(19-9-5-3-6-10-19)22(30(21)25)16-31-14-8-4-7-13-29-18-26-17-27-29/h3,5-6,9-12,15,17-18H,2,4,7-8,13-14,16H2,1H3. The number of benzene rings is 2. The van der Waals surface area contributed by atoms with E-state index in [1.807, 2.05) is 23.7 Å². The molecule has 0 spiro atoms. The van der Waals surface area contributed by atoms with E-state index in [4.69, 9.17) is 14.5 Å². The van der Waals surface area contributed by atoms with E-state index in [1.54, 1.807) is 24.0 Å². The number of aromatic nitrogens is 5. The Hall–Kier alpha value is -3.23. The smallest absolute Gasteiger partial charge is 0.195 e. The molecule has 0 saturated heterocycles. The largest absolute Gasteiger partial charge is 0.494 e. The minimum Gasteiger partial charge on any atom is -0.494 e. The minimum atomic E-state index is 0.521. The number of unbranched alkanes of at least 4 members (excludes halogenated alkanes) is 2. The monoisotopic (exact) mass is 461 g/mol. The maximum atomic E-state index is 6.15. The first-order valence-corrected chi connectivity index (χ1v) is 12.2. The van der Waals surface area contributed by atoms with Gasteiger partial charge in [0, 0.05) is 18.7 Å². The first-order valence-electron chi connectivity index (χ1n) is 11.4. The summed E-state index contributed by atoms with van der Waals surface area (Å²) in [5.41, 5.74) is 4.33. The molecule has 5 rings (SSSR count). The molecule has 0 N–H and O–H groups in total. The van der Waals surface area contributed by atoms with Crippen molar-refractivity contribution in [2.45, 2.75) is 39.3 Å². The summed E-state index contributed by atoms with van der Waals surface area (Å²) in [6.45, 7) is 4.79. The predicted molar refractivity (Wildman–Crippen MR) is 131 cm³/mol. The van der Waals surface area contributed by atoms with Gasteiger partial charge in [-0.2, -0.15) is 5.10 Å². The summed E-state index contributed by atoms with van der Waals surface area (Å²) in [7, 11) is 0. The molecule has 0 fully saturated rings. The van der Waals surface area contributed by atoms with Crippen LogP contribution in [0, 0.1) is 0 Å². The van der Waals surface area contributed by atoms with Crippen LogP contribution < -0.4 is 4.74 Å². The van der Waals surface area contributed by atoms with Gasteiger partial charge in [0.05, 0.1) is 34.8 Å². The zero-order chi connectivity index (χ0) is 22.5. The molecule has 0 saturated carbocycles. The number of hydrogen-bond acceptors (Lipinski definition) is 6. The summed E-state index contributed by atoms with van der Waals surface area (Å²) in [5, 5.41) is 4.14. The highest BCUT2D eigenvalue weighted by Crippen LogP contribution is 2.35. The Bertz CT molecular complexity index is 1310. The summed E-state index contributed by atoms with van der Waals surface area (Å²) in [5.74, 6) is 0.890. The molecule has 8 heteroatoms. The van der Waals surface area contributed by atoms with E-state index < -0.39 is 0 Å². The summed E-state index contributed by atoms with van der Waals surface area (Å²) in [4.78, 5) is 9.95. The van der Waals surface area contributed by atoms with E-state index in [0.29, 0.717) is 13.2 Å².